The molecule has 7 N–H and O–H groups in total. The maximum absolute atomic E-state index is 12.8. The van der Waals surface area contributed by atoms with Crippen LogP contribution in [0.3, 0.4) is 0 Å². The molecule has 0 saturated heterocycles. The molecule has 0 aliphatic rings. The van der Waals surface area contributed by atoms with Gasteiger partial charge in [-0.3, -0.25) is 14.3 Å². The number of anilines is 1. The van der Waals surface area contributed by atoms with E-state index in [0.29, 0.717) is 5.69 Å². The summed E-state index contributed by atoms with van der Waals surface area (Å²) in [6.45, 7) is 5.77. The van der Waals surface area contributed by atoms with Gasteiger partial charge in [0, 0.05) is 5.69 Å². The van der Waals surface area contributed by atoms with Gasteiger partial charge < -0.3 is 26.6 Å². The first-order valence-corrected chi connectivity index (χ1v) is 11.3. The molecule has 1 aromatic carbocycles. The molecule has 0 spiro atoms. The number of nitrogens with two attached hydrogens (primary N) is 2. The molecule has 11 nitrogen and oxygen atoms in total. The smallest absolute Gasteiger partial charge is 0.272 e. The first-order valence-electron chi connectivity index (χ1n) is 9.82. The van der Waals surface area contributed by atoms with Crippen LogP contribution in [0.4, 0.5) is 5.69 Å². The van der Waals surface area contributed by atoms with Crippen molar-refractivity contribution in [3.63, 3.8) is 0 Å². The predicted octanol–water partition coefficient (Wildman–Crippen LogP) is 0.471. The van der Waals surface area contributed by atoms with E-state index >= 15 is 0 Å². The molecule has 0 atom stereocenters. The number of aromatic amines is 1. The van der Waals surface area contributed by atoms with Crippen molar-refractivity contribution in [2.45, 2.75) is 38.0 Å². The first kappa shape index (κ1) is 24.7. The number of guanidine groups is 1. The number of nitrogens with zero attached hydrogens (tertiary/aromatic N) is 1. The summed E-state index contributed by atoms with van der Waals surface area (Å²) in [4.78, 5) is 32.1. The van der Waals surface area contributed by atoms with Crippen molar-refractivity contribution >= 4 is 27.6 Å². The number of aryl methyl sites for hydroxylation is 1. The Morgan fingerprint density at radius 3 is 2.47 bits per heavy atom. The largest absolute Gasteiger partial charge is 0.391 e. The number of rotatable bonds is 10. The van der Waals surface area contributed by atoms with Crippen LogP contribution < -0.4 is 27.1 Å². The minimum atomic E-state index is -4.04. The number of hydrogen-bond acceptors (Lipinski definition) is 6. The third-order valence-corrected chi connectivity index (χ3v) is 5.75. The Bertz CT molecular complexity index is 1140. The summed E-state index contributed by atoms with van der Waals surface area (Å²) in [5.41, 5.74) is 11.1. The standard InChI is InChI=1S/C20H28N6O5S/c1-12(2)14-4-6-16(7-5-14)32(29,30)26-18-15(10-13(3)24-19(18)28)11-17(27)23-8-9-31-25-20(21)22/h4-7,10,12,26H,8-9,11H2,1-3H3,(H,23,27)(H,24,28)(H4,21,22,25). The summed E-state index contributed by atoms with van der Waals surface area (Å²) < 4.78 is 28.0. The minimum absolute atomic E-state index is 0.00848. The van der Waals surface area contributed by atoms with E-state index in [1.165, 1.54) is 18.2 Å². The summed E-state index contributed by atoms with van der Waals surface area (Å²) in [6, 6.07) is 7.93. The second-order valence-corrected chi connectivity index (χ2v) is 9.07. The van der Waals surface area contributed by atoms with E-state index in [1.807, 2.05) is 13.8 Å². The van der Waals surface area contributed by atoms with Gasteiger partial charge in [-0.05, 0) is 47.3 Å². The fourth-order valence-corrected chi connectivity index (χ4v) is 3.93. The van der Waals surface area contributed by atoms with Crippen molar-refractivity contribution in [2.75, 3.05) is 17.9 Å². The molecule has 2 rings (SSSR count). The van der Waals surface area contributed by atoms with Crippen molar-refractivity contribution in [2.24, 2.45) is 16.6 Å². The molecule has 174 valence electrons. The predicted molar refractivity (Wildman–Crippen MR) is 122 cm³/mol. The summed E-state index contributed by atoms with van der Waals surface area (Å²) in [5, 5.41) is 5.90. The van der Waals surface area contributed by atoms with Crippen molar-refractivity contribution < 1.29 is 18.0 Å². The Labute approximate surface area is 186 Å². The molecule has 0 fully saturated rings. The first-order chi connectivity index (χ1) is 15.0. The molecule has 1 amide bonds. The highest BCUT2D eigenvalue weighted by atomic mass is 32.2. The van der Waals surface area contributed by atoms with Gasteiger partial charge in [0.2, 0.25) is 11.9 Å². The molecule has 2 aromatic rings. The molecule has 32 heavy (non-hydrogen) atoms. The van der Waals surface area contributed by atoms with E-state index < -0.39 is 21.5 Å². The number of amides is 1. The SMILES string of the molecule is Cc1cc(CC(=O)NCCON=C(N)N)c(NS(=O)(=O)c2ccc(C(C)C)cc2)c(=O)[nH]1. The number of carbonyl (C=O) groups excluding carboxylic acids is 1. The lowest BCUT2D eigenvalue weighted by molar-refractivity contribution is -0.120. The summed E-state index contributed by atoms with van der Waals surface area (Å²) in [5.74, 6) is -0.439. The number of carbonyl (C=O) groups is 1. The van der Waals surface area contributed by atoms with Crippen molar-refractivity contribution in [3.8, 4) is 0 Å². The maximum atomic E-state index is 12.8. The van der Waals surface area contributed by atoms with Gasteiger partial charge in [-0.15, -0.1) is 0 Å². The van der Waals surface area contributed by atoms with Gasteiger partial charge in [-0.2, -0.15) is 0 Å². The van der Waals surface area contributed by atoms with Gasteiger partial charge in [-0.25, -0.2) is 8.42 Å². The number of pyridine rings is 1. The molecule has 12 heteroatoms. The maximum Gasteiger partial charge on any atom is 0.272 e. The van der Waals surface area contributed by atoms with Crippen LogP contribution in [0.1, 0.15) is 36.6 Å². The normalized spacial score (nSPS) is 11.1. The summed E-state index contributed by atoms with van der Waals surface area (Å²) in [6.07, 6.45) is -0.225. The van der Waals surface area contributed by atoms with Gasteiger partial charge >= 0.3 is 0 Å². The molecule has 1 heterocycles. The zero-order chi connectivity index (χ0) is 23.9. The van der Waals surface area contributed by atoms with E-state index in [4.69, 9.17) is 16.3 Å². The van der Waals surface area contributed by atoms with Gasteiger partial charge in [0.05, 0.1) is 17.9 Å². The second-order valence-electron chi connectivity index (χ2n) is 7.39. The average molecular weight is 465 g/mol. The van der Waals surface area contributed by atoms with Crippen LogP contribution in [0.25, 0.3) is 0 Å². The molecule has 0 bridgehead atoms. The van der Waals surface area contributed by atoms with Gasteiger partial charge in [0.1, 0.15) is 12.3 Å². The number of nitrogens with one attached hydrogen (secondary N) is 3. The highest BCUT2D eigenvalue weighted by Crippen LogP contribution is 2.21. The molecule has 0 saturated carbocycles. The van der Waals surface area contributed by atoms with Crippen LogP contribution in [0.5, 0.6) is 0 Å². The van der Waals surface area contributed by atoms with Crippen LogP contribution >= 0.6 is 0 Å². The Balaban J connectivity index is 2.19. The molecule has 0 radical (unpaired) electrons. The number of hydrogen-bond donors (Lipinski definition) is 5. The van der Waals surface area contributed by atoms with E-state index in [2.05, 4.69) is 20.2 Å². The highest BCUT2D eigenvalue weighted by Gasteiger charge is 2.20. The number of oxime groups is 1. The minimum Gasteiger partial charge on any atom is -0.391 e. The highest BCUT2D eigenvalue weighted by molar-refractivity contribution is 7.92. The van der Waals surface area contributed by atoms with Crippen molar-refractivity contribution in [1.82, 2.24) is 10.3 Å². The zero-order valence-corrected chi connectivity index (χ0v) is 19.0. The Morgan fingerprint density at radius 1 is 1.22 bits per heavy atom. The van der Waals surface area contributed by atoms with E-state index in [0.717, 1.165) is 5.56 Å². The third kappa shape index (κ3) is 7.01. The number of sulfonamides is 1. The molecular formula is C20H28N6O5S. The van der Waals surface area contributed by atoms with Crippen molar-refractivity contribution in [1.29, 1.82) is 0 Å². The van der Waals surface area contributed by atoms with Crippen LogP contribution in [-0.4, -0.2) is 38.4 Å². The van der Waals surface area contributed by atoms with Crippen LogP contribution in [0, 0.1) is 6.92 Å². The van der Waals surface area contributed by atoms with Gasteiger partial charge in [0.25, 0.3) is 15.6 Å². The molecule has 0 aliphatic carbocycles. The monoisotopic (exact) mass is 464 g/mol. The lowest BCUT2D eigenvalue weighted by Crippen LogP contribution is -2.30. The van der Waals surface area contributed by atoms with Crippen LogP contribution in [0.2, 0.25) is 0 Å². The van der Waals surface area contributed by atoms with E-state index in [9.17, 15) is 18.0 Å². The Kier molecular flexibility index (Phi) is 8.24. The van der Waals surface area contributed by atoms with E-state index in [-0.39, 0.29) is 47.6 Å². The topological polar surface area (TPSA) is 182 Å². The molecular weight excluding hydrogens is 436 g/mol. The van der Waals surface area contributed by atoms with Crippen LogP contribution in [-0.2, 0) is 26.1 Å². The Hall–Kier alpha value is -3.54. The molecule has 0 aliphatic heterocycles. The molecule has 1 aromatic heterocycles. The lowest BCUT2D eigenvalue weighted by atomic mass is 10.0. The quantitative estimate of drug-likeness (QED) is 0.146. The second kappa shape index (κ2) is 10.7. The fraction of sp³-hybridized carbons (Fsp3) is 0.350. The summed E-state index contributed by atoms with van der Waals surface area (Å²) >= 11 is 0. The molecule has 0 unspecified atom stereocenters. The average Bonchev–Trinajstić information content (AvgIpc) is 2.70. The van der Waals surface area contributed by atoms with Crippen molar-refractivity contribution in [3.05, 3.63) is 57.5 Å². The van der Waals surface area contributed by atoms with Crippen LogP contribution in [0.15, 0.2) is 45.2 Å². The lowest BCUT2D eigenvalue weighted by Gasteiger charge is -2.13. The fourth-order valence-electron chi connectivity index (χ4n) is 2.83. The summed E-state index contributed by atoms with van der Waals surface area (Å²) in [7, 11) is -4.04. The van der Waals surface area contributed by atoms with E-state index in [1.54, 1.807) is 19.1 Å². The number of aromatic nitrogens is 1. The number of H-pyrrole nitrogens is 1. The van der Waals surface area contributed by atoms with Gasteiger partial charge in [-0.1, -0.05) is 26.0 Å². The Morgan fingerprint density at radius 2 is 1.88 bits per heavy atom. The van der Waals surface area contributed by atoms with Gasteiger partial charge in [0.15, 0.2) is 0 Å². The zero-order valence-electron chi connectivity index (χ0n) is 18.1. The third-order valence-electron chi connectivity index (χ3n) is 4.38. The number of benzene rings is 1.